The van der Waals surface area contributed by atoms with Crippen molar-refractivity contribution in [1.82, 2.24) is 0 Å². The van der Waals surface area contributed by atoms with Crippen LogP contribution >= 0.6 is 0 Å². The lowest BCUT2D eigenvalue weighted by atomic mass is 9.79. The average molecular weight is 354 g/mol. The molecule has 1 saturated carbocycles. The molecule has 5 nitrogen and oxygen atoms in total. The molecular weight excluding hydrogens is 328 g/mol. The number of carbonyl (C=O) groups excluding carboxylic acids is 1. The first-order valence-electron chi connectivity index (χ1n) is 8.96. The van der Waals surface area contributed by atoms with E-state index in [0.29, 0.717) is 23.6 Å². The first-order valence-corrected chi connectivity index (χ1v) is 8.96. The summed E-state index contributed by atoms with van der Waals surface area (Å²) in [5.74, 6) is 0.937. The lowest BCUT2D eigenvalue weighted by Crippen LogP contribution is -2.31. The smallest absolute Gasteiger partial charge is 0.255 e. The first kappa shape index (κ1) is 18.3. The molecule has 3 N–H and O–H groups in total. The van der Waals surface area contributed by atoms with Crippen molar-refractivity contribution in [2.45, 2.75) is 31.1 Å². The molecule has 1 fully saturated rings. The second-order valence-corrected chi connectivity index (χ2v) is 6.79. The van der Waals surface area contributed by atoms with Gasteiger partial charge in [0, 0.05) is 23.2 Å². The van der Waals surface area contributed by atoms with Crippen LogP contribution in [0.3, 0.4) is 0 Å². The highest BCUT2D eigenvalue weighted by atomic mass is 16.5. The molecule has 0 unspecified atom stereocenters. The standard InChI is InChI=1S/C21H26N2O3/c1-25-18-10-5-15(13-19(18)26-2)20(24)23-17-8-6-16(7-9-17)21(14-22)11-3-4-12-21/h5-10,13H,3-4,11-12,14,22H2,1-2H3,(H,23,24). The Morgan fingerprint density at radius 2 is 1.69 bits per heavy atom. The van der Waals surface area contributed by atoms with Gasteiger partial charge in [0.1, 0.15) is 0 Å². The van der Waals surface area contributed by atoms with Crippen LogP contribution in [0.1, 0.15) is 41.6 Å². The minimum absolute atomic E-state index is 0.103. The summed E-state index contributed by atoms with van der Waals surface area (Å²) in [6.07, 6.45) is 4.74. The molecule has 0 radical (unpaired) electrons. The summed E-state index contributed by atoms with van der Waals surface area (Å²) in [6.45, 7) is 0.671. The van der Waals surface area contributed by atoms with Gasteiger partial charge in [0.25, 0.3) is 5.91 Å². The number of hydrogen-bond donors (Lipinski definition) is 2. The van der Waals surface area contributed by atoms with Gasteiger partial charge in [-0.25, -0.2) is 0 Å². The van der Waals surface area contributed by atoms with E-state index in [-0.39, 0.29) is 11.3 Å². The van der Waals surface area contributed by atoms with E-state index in [1.165, 1.54) is 18.4 Å². The van der Waals surface area contributed by atoms with Gasteiger partial charge in [0.05, 0.1) is 14.2 Å². The highest BCUT2D eigenvalue weighted by Gasteiger charge is 2.33. The monoisotopic (exact) mass is 354 g/mol. The minimum Gasteiger partial charge on any atom is -0.493 e. The Hall–Kier alpha value is -2.53. The summed E-state index contributed by atoms with van der Waals surface area (Å²) in [7, 11) is 3.12. The summed E-state index contributed by atoms with van der Waals surface area (Å²) in [6, 6.07) is 13.2. The van der Waals surface area contributed by atoms with Crippen molar-refractivity contribution in [3.63, 3.8) is 0 Å². The van der Waals surface area contributed by atoms with Crippen LogP contribution < -0.4 is 20.5 Å². The molecule has 2 aromatic carbocycles. The lowest BCUT2D eigenvalue weighted by molar-refractivity contribution is 0.102. The van der Waals surface area contributed by atoms with Crippen molar-refractivity contribution in [3.05, 3.63) is 53.6 Å². The summed E-state index contributed by atoms with van der Waals surface area (Å²) < 4.78 is 10.5. The lowest BCUT2D eigenvalue weighted by Gasteiger charge is -2.28. The molecule has 0 aliphatic heterocycles. The van der Waals surface area contributed by atoms with Gasteiger partial charge in [-0.15, -0.1) is 0 Å². The molecule has 2 aromatic rings. The van der Waals surface area contributed by atoms with Gasteiger partial charge in [-0.1, -0.05) is 25.0 Å². The van der Waals surface area contributed by atoms with Crippen molar-refractivity contribution in [3.8, 4) is 11.5 Å². The number of rotatable bonds is 6. The van der Waals surface area contributed by atoms with Crippen LogP contribution in [-0.4, -0.2) is 26.7 Å². The van der Waals surface area contributed by atoms with E-state index in [0.717, 1.165) is 18.5 Å². The molecule has 1 aliphatic carbocycles. The molecule has 3 rings (SSSR count). The quantitative estimate of drug-likeness (QED) is 0.829. The Labute approximate surface area is 154 Å². The number of hydrogen-bond acceptors (Lipinski definition) is 4. The van der Waals surface area contributed by atoms with Gasteiger partial charge in [-0.05, 0) is 48.7 Å². The van der Waals surface area contributed by atoms with Crippen LogP contribution in [0.15, 0.2) is 42.5 Å². The van der Waals surface area contributed by atoms with E-state index in [2.05, 4.69) is 17.4 Å². The van der Waals surface area contributed by atoms with Crippen LogP contribution in [0.4, 0.5) is 5.69 Å². The van der Waals surface area contributed by atoms with E-state index >= 15 is 0 Å². The van der Waals surface area contributed by atoms with Gasteiger partial charge >= 0.3 is 0 Å². The highest BCUT2D eigenvalue weighted by molar-refractivity contribution is 6.04. The van der Waals surface area contributed by atoms with E-state index in [1.54, 1.807) is 32.4 Å². The van der Waals surface area contributed by atoms with Gasteiger partial charge in [0.15, 0.2) is 11.5 Å². The molecule has 0 heterocycles. The summed E-state index contributed by atoms with van der Waals surface area (Å²) in [5.41, 5.74) is 8.70. The fourth-order valence-corrected chi connectivity index (χ4v) is 3.75. The molecule has 0 atom stereocenters. The zero-order chi connectivity index (χ0) is 18.6. The molecule has 1 amide bonds. The molecule has 0 spiro atoms. The van der Waals surface area contributed by atoms with Crippen LogP contribution in [0.25, 0.3) is 0 Å². The SMILES string of the molecule is COc1ccc(C(=O)Nc2ccc(C3(CN)CCCC3)cc2)cc1OC. The van der Waals surface area contributed by atoms with Crippen molar-refractivity contribution in [1.29, 1.82) is 0 Å². The van der Waals surface area contributed by atoms with E-state index in [9.17, 15) is 4.79 Å². The number of methoxy groups -OCH3 is 2. The average Bonchev–Trinajstić information content (AvgIpc) is 3.18. The van der Waals surface area contributed by atoms with E-state index in [1.807, 2.05) is 12.1 Å². The maximum atomic E-state index is 12.5. The van der Waals surface area contributed by atoms with Crippen molar-refractivity contribution in [2.24, 2.45) is 5.73 Å². The second kappa shape index (κ2) is 7.79. The Balaban J connectivity index is 1.74. The first-order chi connectivity index (χ1) is 12.6. The zero-order valence-corrected chi connectivity index (χ0v) is 15.4. The van der Waals surface area contributed by atoms with Crippen molar-refractivity contribution >= 4 is 11.6 Å². The largest absolute Gasteiger partial charge is 0.493 e. The predicted octanol–water partition coefficient (Wildman–Crippen LogP) is 3.73. The predicted molar refractivity (Wildman–Crippen MR) is 103 cm³/mol. The van der Waals surface area contributed by atoms with Crippen LogP contribution in [-0.2, 0) is 5.41 Å². The molecule has 0 bridgehead atoms. The summed E-state index contributed by atoms with van der Waals surface area (Å²) in [5, 5.41) is 2.93. The Bertz CT molecular complexity index is 765. The van der Waals surface area contributed by atoms with E-state index < -0.39 is 0 Å². The van der Waals surface area contributed by atoms with Crippen LogP contribution in [0.5, 0.6) is 11.5 Å². The van der Waals surface area contributed by atoms with Gasteiger partial charge in [-0.2, -0.15) is 0 Å². The molecule has 138 valence electrons. The number of anilines is 1. The molecule has 26 heavy (non-hydrogen) atoms. The van der Waals surface area contributed by atoms with Crippen LogP contribution in [0.2, 0.25) is 0 Å². The molecule has 1 aliphatic rings. The maximum absolute atomic E-state index is 12.5. The number of nitrogens with two attached hydrogens (primary N) is 1. The summed E-state index contributed by atoms with van der Waals surface area (Å²) >= 11 is 0. The number of nitrogens with one attached hydrogen (secondary N) is 1. The Morgan fingerprint density at radius 3 is 2.27 bits per heavy atom. The topological polar surface area (TPSA) is 73.6 Å². The zero-order valence-electron chi connectivity index (χ0n) is 15.4. The molecule has 0 aromatic heterocycles. The number of carbonyl (C=O) groups is 1. The highest BCUT2D eigenvalue weighted by Crippen LogP contribution is 2.40. The van der Waals surface area contributed by atoms with Crippen molar-refractivity contribution in [2.75, 3.05) is 26.1 Å². The molecule has 5 heteroatoms. The summed E-state index contributed by atoms with van der Waals surface area (Å²) in [4.78, 5) is 12.5. The normalized spacial score (nSPS) is 15.5. The minimum atomic E-state index is -0.187. The maximum Gasteiger partial charge on any atom is 0.255 e. The molecular formula is C21H26N2O3. The second-order valence-electron chi connectivity index (χ2n) is 6.79. The third-order valence-electron chi connectivity index (χ3n) is 5.35. The Morgan fingerprint density at radius 1 is 1.04 bits per heavy atom. The van der Waals surface area contributed by atoms with Gasteiger partial charge in [0.2, 0.25) is 0 Å². The fourth-order valence-electron chi connectivity index (χ4n) is 3.75. The van der Waals surface area contributed by atoms with E-state index in [4.69, 9.17) is 15.2 Å². The van der Waals surface area contributed by atoms with Gasteiger partial charge in [-0.3, -0.25) is 4.79 Å². The number of amides is 1. The fraction of sp³-hybridized carbons (Fsp3) is 0.381. The molecule has 0 saturated heterocycles. The van der Waals surface area contributed by atoms with Crippen molar-refractivity contribution < 1.29 is 14.3 Å². The third kappa shape index (κ3) is 3.53. The Kier molecular flexibility index (Phi) is 5.47. The van der Waals surface area contributed by atoms with Gasteiger partial charge < -0.3 is 20.5 Å². The number of benzene rings is 2. The number of ether oxygens (including phenoxy) is 2. The van der Waals surface area contributed by atoms with Crippen LogP contribution in [0, 0.1) is 0 Å². The third-order valence-corrected chi connectivity index (χ3v) is 5.35.